The summed E-state index contributed by atoms with van der Waals surface area (Å²) in [7, 11) is 0. The molecule has 1 N–H and O–H groups in total. The van der Waals surface area contributed by atoms with E-state index in [-0.39, 0.29) is 0 Å². The van der Waals surface area contributed by atoms with Crippen LogP contribution in [0.5, 0.6) is 0 Å². The van der Waals surface area contributed by atoms with Crippen LogP contribution in [0.4, 0.5) is 5.69 Å². The van der Waals surface area contributed by atoms with Gasteiger partial charge in [0.05, 0.1) is 5.52 Å². The van der Waals surface area contributed by atoms with Crippen LogP contribution in [0.3, 0.4) is 0 Å². The van der Waals surface area contributed by atoms with Gasteiger partial charge in [0, 0.05) is 26.9 Å². The van der Waals surface area contributed by atoms with Crippen molar-refractivity contribution in [2.24, 2.45) is 0 Å². The van der Waals surface area contributed by atoms with E-state index >= 15 is 0 Å². The molecule has 22 heavy (non-hydrogen) atoms. The Morgan fingerprint density at radius 1 is 1.23 bits per heavy atom. The highest BCUT2D eigenvalue weighted by Crippen LogP contribution is 2.24. The van der Waals surface area contributed by atoms with E-state index in [0.29, 0.717) is 6.04 Å². The third-order valence-corrected chi connectivity index (χ3v) is 4.78. The monoisotopic (exact) mass is 415 g/mol. The Labute approximate surface area is 147 Å². The minimum Gasteiger partial charge on any atom is -0.382 e. The van der Waals surface area contributed by atoms with E-state index in [1.807, 2.05) is 6.20 Å². The third-order valence-electron chi connectivity index (χ3n) is 4.11. The predicted octanol–water partition coefficient (Wildman–Crippen LogP) is 4.76. The van der Waals surface area contributed by atoms with E-state index in [4.69, 9.17) is 0 Å². The molecule has 4 heteroatoms. The number of hydrogen-bond acceptors (Lipinski definition) is 3. The van der Waals surface area contributed by atoms with Gasteiger partial charge >= 0.3 is 0 Å². The SMILES string of the molecule is CCN(CC)CCCC(C)Nc1ccnc2cc([131I])ccc12. The second-order valence-corrected chi connectivity index (χ2v) is 6.98. The minimum absolute atomic E-state index is 0.473. The molecule has 0 radical (unpaired) electrons. The fourth-order valence-corrected chi connectivity index (χ4v) is 3.22. The first-order valence-corrected chi connectivity index (χ1v) is 9.25. The molecule has 2 rings (SSSR count). The van der Waals surface area contributed by atoms with E-state index in [1.165, 1.54) is 34.0 Å². The van der Waals surface area contributed by atoms with E-state index in [2.05, 4.69) is 82.8 Å². The molecule has 1 aromatic heterocycles. The molecule has 0 bridgehead atoms. The molecule has 0 amide bonds. The van der Waals surface area contributed by atoms with Crippen LogP contribution >= 0.6 is 22.6 Å². The zero-order valence-corrected chi connectivity index (χ0v) is 15.9. The zero-order chi connectivity index (χ0) is 15.9. The van der Waals surface area contributed by atoms with E-state index in [1.54, 1.807) is 0 Å². The summed E-state index contributed by atoms with van der Waals surface area (Å²) in [5.74, 6) is 0. The first-order valence-electron chi connectivity index (χ1n) is 8.17. The largest absolute Gasteiger partial charge is 0.382 e. The summed E-state index contributed by atoms with van der Waals surface area (Å²) in [6.07, 6.45) is 4.31. The molecule has 0 aliphatic rings. The van der Waals surface area contributed by atoms with Crippen LogP contribution in [0.25, 0.3) is 10.9 Å². The summed E-state index contributed by atoms with van der Waals surface area (Å²) < 4.78 is 1.22. The maximum absolute atomic E-state index is 4.47. The lowest BCUT2D eigenvalue weighted by atomic mass is 10.1. The number of halogens is 1. The Kier molecular flexibility index (Phi) is 6.89. The number of hydrogen-bond donors (Lipinski definition) is 1. The van der Waals surface area contributed by atoms with E-state index < -0.39 is 0 Å². The molecule has 120 valence electrons. The fourth-order valence-electron chi connectivity index (χ4n) is 2.75. The normalized spacial score (nSPS) is 12.8. The van der Waals surface area contributed by atoms with Gasteiger partial charge in [0.15, 0.2) is 0 Å². The quantitative estimate of drug-likeness (QED) is 0.630. The lowest BCUT2D eigenvalue weighted by Crippen LogP contribution is -2.25. The van der Waals surface area contributed by atoms with Crippen molar-refractivity contribution in [3.63, 3.8) is 0 Å². The summed E-state index contributed by atoms with van der Waals surface area (Å²) in [5, 5.41) is 4.86. The zero-order valence-electron chi connectivity index (χ0n) is 13.8. The fraction of sp³-hybridized carbons (Fsp3) is 0.500. The number of nitrogens with one attached hydrogen (secondary N) is 1. The number of rotatable bonds is 8. The molecule has 1 heterocycles. The number of pyridine rings is 1. The Hall–Kier alpha value is -0.880. The number of fused-ring (bicyclic) bond motifs is 1. The second-order valence-electron chi connectivity index (χ2n) is 5.73. The van der Waals surface area contributed by atoms with E-state index in [0.717, 1.165) is 18.6 Å². The highest BCUT2D eigenvalue weighted by Gasteiger charge is 2.07. The number of anilines is 1. The van der Waals surface area contributed by atoms with Crippen LogP contribution in [-0.2, 0) is 0 Å². The molecular formula is C18H26IN3. The minimum atomic E-state index is 0.473. The molecule has 3 nitrogen and oxygen atoms in total. The van der Waals surface area contributed by atoms with Crippen molar-refractivity contribution in [2.75, 3.05) is 25.0 Å². The molecule has 2 aromatic rings. The lowest BCUT2D eigenvalue weighted by Gasteiger charge is -2.20. The molecule has 0 saturated heterocycles. The van der Waals surface area contributed by atoms with Crippen LogP contribution < -0.4 is 5.32 Å². The van der Waals surface area contributed by atoms with Gasteiger partial charge in [-0.15, -0.1) is 0 Å². The predicted molar refractivity (Wildman–Crippen MR) is 105 cm³/mol. The van der Waals surface area contributed by atoms with Gasteiger partial charge in [-0.25, -0.2) is 0 Å². The molecule has 1 atom stereocenters. The van der Waals surface area contributed by atoms with Gasteiger partial charge in [-0.2, -0.15) is 0 Å². The van der Waals surface area contributed by atoms with Crippen LogP contribution in [0, 0.1) is 3.57 Å². The molecule has 0 aliphatic carbocycles. The van der Waals surface area contributed by atoms with Gasteiger partial charge in [0.2, 0.25) is 0 Å². The third kappa shape index (κ3) is 4.81. The van der Waals surface area contributed by atoms with Crippen molar-refractivity contribution in [3.05, 3.63) is 34.0 Å². The molecule has 1 aromatic carbocycles. The standard InChI is InChI=1S/C18H26IN3/c1-4-22(5-2)12-6-7-14(3)21-17-10-11-20-18-13-15(19)8-9-16(17)18/h8-11,13-14H,4-7,12H2,1-3H3,(H,20,21)/i19+4. The van der Waals surface area contributed by atoms with Gasteiger partial charge in [0.25, 0.3) is 0 Å². The summed E-state index contributed by atoms with van der Waals surface area (Å²) in [6.45, 7) is 10.2. The smallest absolute Gasteiger partial charge is 0.0733 e. The topological polar surface area (TPSA) is 28.2 Å². The van der Waals surface area contributed by atoms with Crippen LogP contribution in [0.2, 0.25) is 0 Å². The number of benzene rings is 1. The highest BCUT2D eigenvalue weighted by atomic mass is 131. The Morgan fingerprint density at radius 3 is 2.73 bits per heavy atom. The van der Waals surface area contributed by atoms with Gasteiger partial charge < -0.3 is 10.2 Å². The van der Waals surface area contributed by atoms with Crippen molar-refractivity contribution < 1.29 is 0 Å². The first-order chi connectivity index (χ1) is 10.6. The average molecular weight is 415 g/mol. The molecule has 0 saturated carbocycles. The molecule has 0 aliphatic heterocycles. The maximum atomic E-state index is 4.47. The van der Waals surface area contributed by atoms with Crippen molar-refractivity contribution >= 4 is 39.2 Å². The first kappa shape index (κ1) is 17.5. The molecular weight excluding hydrogens is 389 g/mol. The Morgan fingerprint density at radius 2 is 2.00 bits per heavy atom. The van der Waals surface area contributed by atoms with Gasteiger partial charge in [0.1, 0.15) is 0 Å². The van der Waals surface area contributed by atoms with E-state index in [9.17, 15) is 0 Å². The van der Waals surface area contributed by atoms with Gasteiger partial charge in [-0.3, -0.25) is 4.98 Å². The molecule has 0 fully saturated rings. The maximum Gasteiger partial charge on any atom is 0.0733 e. The summed E-state index contributed by atoms with van der Waals surface area (Å²) in [5.41, 5.74) is 2.25. The van der Waals surface area contributed by atoms with Crippen molar-refractivity contribution in [3.8, 4) is 0 Å². The van der Waals surface area contributed by atoms with Gasteiger partial charge in [-0.05, 0) is 86.3 Å². The summed E-state index contributed by atoms with van der Waals surface area (Å²) >= 11 is 2.33. The Balaban J connectivity index is 1.95. The number of aromatic nitrogens is 1. The molecule has 1 unspecified atom stereocenters. The average Bonchev–Trinajstić information content (AvgIpc) is 2.51. The van der Waals surface area contributed by atoms with Crippen molar-refractivity contribution in [1.82, 2.24) is 9.88 Å². The van der Waals surface area contributed by atoms with Crippen LogP contribution in [-0.4, -0.2) is 35.6 Å². The van der Waals surface area contributed by atoms with Crippen molar-refractivity contribution in [1.29, 1.82) is 0 Å². The Bertz CT molecular complexity index is 596. The van der Waals surface area contributed by atoms with Crippen molar-refractivity contribution in [2.45, 2.75) is 39.7 Å². The van der Waals surface area contributed by atoms with Crippen LogP contribution in [0.1, 0.15) is 33.6 Å². The molecule has 0 spiro atoms. The lowest BCUT2D eigenvalue weighted by molar-refractivity contribution is 0.295. The number of nitrogens with zero attached hydrogens (tertiary/aromatic N) is 2. The van der Waals surface area contributed by atoms with Crippen LogP contribution in [0.15, 0.2) is 30.5 Å². The second kappa shape index (κ2) is 8.67. The summed E-state index contributed by atoms with van der Waals surface area (Å²) in [6, 6.07) is 8.98. The summed E-state index contributed by atoms with van der Waals surface area (Å²) in [4.78, 5) is 6.95. The van der Waals surface area contributed by atoms with Gasteiger partial charge in [-0.1, -0.05) is 13.8 Å². The highest BCUT2D eigenvalue weighted by molar-refractivity contribution is 14.1.